The van der Waals surface area contributed by atoms with E-state index in [0.29, 0.717) is 6.04 Å². The number of nitrogens with zero attached hydrogens (tertiary/aromatic N) is 2. The van der Waals surface area contributed by atoms with Crippen LogP contribution in [0.1, 0.15) is 37.8 Å². The van der Waals surface area contributed by atoms with E-state index in [2.05, 4.69) is 34.3 Å². The number of aryl methyl sites for hydroxylation is 1. The number of pyridine rings is 1. The van der Waals surface area contributed by atoms with E-state index in [9.17, 15) is 0 Å². The number of aromatic nitrogens is 1. The molecule has 3 nitrogen and oxygen atoms in total. The minimum absolute atomic E-state index is 0.674. The summed E-state index contributed by atoms with van der Waals surface area (Å²) in [5.74, 6) is 0. The summed E-state index contributed by atoms with van der Waals surface area (Å²) in [4.78, 5) is 6.90. The largest absolute Gasteiger partial charge is 0.367 e. The summed E-state index contributed by atoms with van der Waals surface area (Å²) in [5.41, 5.74) is 2.48. The first-order valence-corrected chi connectivity index (χ1v) is 7.25. The first-order valence-electron chi connectivity index (χ1n) is 7.25. The molecular weight excluding hydrogens is 222 g/mol. The first-order chi connectivity index (χ1) is 8.83. The molecule has 1 saturated carbocycles. The van der Waals surface area contributed by atoms with Crippen LogP contribution in [0.15, 0.2) is 18.3 Å². The van der Waals surface area contributed by atoms with Gasteiger partial charge in [0.2, 0.25) is 0 Å². The Labute approximate surface area is 110 Å². The second kappa shape index (κ2) is 5.27. The van der Waals surface area contributed by atoms with Gasteiger partial charge < -0.3 is 10.2 Å². The van der Waals surface area contributed by atoms with Gasteiger partial charge in [-0.15, -0.1) is 0 Å². The first kappa shape index (κ1) is 12.0. The summed E-state index contributed by atoms with van der Waals surface area (Å²) < 4.78 is 0. The lowest BCUT2D eigenvalue weighted by Crippen LogP contribution is -2.44. The highest BCUT2D eigenvalue weighted by molar-refractivity contribution is 5.49. The van der Waals surface area contributed by atoms with Gasteiger partial charge in [0.05, 0.1) is 0 Å². The van der Waals surface area contributed by atoms with Crippen LogP contribution in [0.5, 0.6) is 0 Å². The maximum absolute atomic E-state index is 4.31. The van der Waals surface area contributed by atoms with Crippen molar-refractivity contribution in [1.82, 2.24) is 10.3 Å². The molecule has 2 heterocycles. The fourth-order valence-corrected chi connectivity index (χ4v) is 2.88. The van der Waals surface area contributed by atoms with Crippen molar-refractivity contribution in [3.63, 3.8) is 0 Å². The summed E-state index contributed by atoms with van der Waals surface area (Å²) in [5, 5.41) is 3.66. The van der Waals surface area contributed by atoms with E-state index in [0.717, 1.165) is 18.3 Å². The zero-order valence-electron chi connectivity index (χ0n) is 11.2. The van der Waals surface area contributed by atoms with Crippen LogP contribution in [-0.4, -0.2) is 30.2 Å². The van der Waals surface area contributed by atoms with Gasteiger partial charge in [-0.1, -0.05) is 6.42 Å². The van der Waals surface area contributed by atoms with Crippen LogP contribution >= 0.6 is 0 Å². The van der Waals surface area contributed by atoms with Crippen LogP contribution in [0.4, 0.5) is 5.69 Å². The smallest absolute Gasteiger partial charge is 0.0402 e. The second-order valence-electron chi connectivity index (χ2n) is 5.69. The molecule has 1 atom stereocenters. The monoisotopic (exact) mass is 245 g/mol. The van der Waals surface area contributed by atoms with E-state index in [4.69, 9.17) is 0 Å². The fraction of sp³-hybridized carbons (Fsp3) is 0.667. The zero-order valence-corrected chi connectivity index (χ0v) is 11.2. The van der Waals surface area contributed by atoms with Gasteiger partial charge in [-0.05, 0) is 51.3 Å². The molecule has 0 aromatic carbocycles. The second-order valence-corrected chi connectivity index (χ2v) is 5.69. The highest BCUT2D eigenvalue weighted by Gasteiger charge is 2.31. The Morgan fingerprint density at radius 1 is 1.33 bits per heavy atom. The molecule has 1 saturated heterocycles. The van der Waals surface area contributed by atoms with E-state index < -0.39 is 0 Å². The van der Waals surface area contributed by atoms with Crippen molar-refractivity contribution < 1.29 is 0 Å². The lowest BCUT2D eigenvalue weighted by Gasteiger charge is -2.32. The number of rotatable bonds is 4. The van der Waals surface area contributed by atoms with Gasteiger partial charge in [-0.2, -0.15) is 0 Å². The van der Waals surface area contributed by atoms with Gasteiger partial charge in [0.15, 0.2) is 0 Å². The van der Waals surface area contributed by atoms with Crippen LogP contribution < -0.4 is 10.2 Å². The molecular formula is C15H23N3. The Balaban J connectivity index is 1.71. The average Bonchev–Trinajstić information content (AvgIpc) is 3.21. The Morgan fingerprint density at radius 3 is 2.89 bits per heavy atom. The predicted octanol–water partition coefficient (Wildman–Crippen LogP) is 2.50. The topological polar surface area (TPSA) is 28.2 Å². The van der Waals surface area contributed by atoms with Gasteiger partial charge >= 0.3 is 0 Å². The Kier molecular flexibility index (Phi) is 3.50. The van der Waals surface area contributed by atoms with Crippen LogP contribution in [0, 0.1) is 6.92 Å². The highest BCUT2D eigenvalue weighted by atomic mass is 15.2. The van der Waals surface area contributed by atoms with Crippen LogP contribution in [-0.2, 0) is 0 Å². The van der Waals surface area contributed by atoms with Crippen molar-refractivity contribution in [2.75, 3.05) is 18.0 Å². The van der Waals surface area contributed by atoms with Crippen molar-refractivity contribution in [2.45, 2.75) is 51.1 Å². The average molecular weight is 245 g/mol. The molecule has 0 bridgehead atoms. The third kappa shape index (κ3) is 2.83. The van der Waals surface area contributed by atoms with Crippen molar-refractivity contribution in [1.29, 1.82) is 0 Å². The molecule has 0 amide bonds. The quantitative estimate of drug-likeness (QED) is 0.883. The lowest BCUT2D eigenvalue weighted by atomic mass is 10.0. The molecule has 1 unspecified atom stereocenters. The molecule has 1 aromatic rings. The van der Waals surface area contributed by atoms with Gasteiger partial charge in [-0.25, -0.2) is 0 Å². The fourth-order valence-electron chi connectivity index (χ4n) is 2.88. The van der Waals surface area contributed by atoms with E-state index in [1.54, 1.807) is 0 Å². The maximum atomic E-state index is 4.31. The van der Waals surface area contributed by atoms with E-state index in [-0.39, 0.29) is 0 Å². The molecule has 1 N–H and O–H groups in total. The summed E-state index contributed by atoms with van der Waals surface area (Å²) in [7, 11) is 0. The molecule has 18 heavy (non-hydrogen) atoms. The van der Waals surface area contributed by atoms with Gasteiger partial charge in [0.25, 0.3) is 0 Å². The number of nitrogens with one attached hydrogen (secondary N) is 1. The van der Waals surface area contributed by atoms with Gasteiger partial charge in [0.1, 0.15) is 0 Å². The third-order valence-electron chi connectivity index (χ3n) is 4.03. The molecule has 0 spiro atoms. The molecule has 1 aliphatic carbocycles. The molecule has 1 aromatic heterocycles. The number of anilines is 1. The van der Waals surface area contributed by atoms with Crippen LogP contribution in [0.2, 0.25) is 0 Å². The minimum Gasteiger partial charge on any atom is -0.367 e. The number of piperidine rings is 1. The van der Waals surface area contributed by atoms with Crippen molar-refractivity contribution in [3.05, 3.63) is 24.0 Å². The van der Waals surface area contributed by atoms with E-state index in [1.165, 1.54) is 44.3 Å². The van der Waals surface area contributed by atoms with Crippen LogP contribution in [0.3, 0.4) is 0 Å². The minimum atomic E-state index is 0.674. The van der Waals surface area contributed by atoms with Crippen molar-refractivity contribution in [2.24, 2.45) is 0 Å². The Morgan fingerprint density at radius 2 is 2.22 bits per heavy atom. The summed E-state index contributed by atoms with van der Waals surface area (Å²) in [6.45, 7) is 4.43. The van der Waals surface area contributed by atoms with Gasteiger partial charge in [-0.3, -0.25) is 4.98 Å². The molecule has 98 valence electrons. The SMILES string of the molecule is Cc1cc(N(CC2CCCCN2)C2CC2)ccn1. The predicted molar refractivity (Wildman–Crippen MR) is 75.0 cm³/mol. The Bertz CT molecular complexity index is 394. The third-order valence-corrected chi connectivity index (χ3v) is 4.03. The van der Waals surface area contributed by atoms with Crippen molar-refractivity contribution in [3.8, 4) is 0 Å². The number of hydrogen-bond acceptors (Lipinski definition) is 3. The van der Waals surface area contributed by atoms with Crippen LogP contribution in [0.25, 0.3) is 0 Å². The number of hydrogen-bond donors (Lipinski definition) is 1. The summed E-state index contributed by atoms with van der Waals surface area (Å²) in [6, 6.07) is 5.83. The summed E-state index contributed by atoms with van der Waals surface area (Å²) >= 11 is 0. The molecule has 2 aliphatic rings. The van der Waals surface area contributed by atoms with Crippen molar-refractivity contribution >= 4 is 5.69 Å². The lowest BCUT2D eigenvalue weighted by molar-refractivity contribution is 0.398. The highest BCUT2D eigenvalue weighted by Crippen LogP contribution is 2.32. The van der Waals surface area contributed by atoms with Gasteiger partial charge in [0, 0.05) is 36.2 Å². The van der Waals surface area contributed by atoms with E-state index >= 15 is 0 Å². The van der Waals surface area contributed by atoms with E-state index in [1.807, 2.05) is 6.20 Å². The standard InChI is InChI=1S/C15H23N3/c1-12-10-15(7-9-16-12)18(14-5-6-14)11-13-4-2-3-8-17-13/h7,9-10,13-14,17H,2-6,8,11H2,1H3. The Hall–Kier alpha value is -1.09. The summed E-state index contributed by atoms with van der Waals surface area (Å²) in [6.07, 6.45) is 8.70. The maximum Gasteiger partial charge on any atom is 0.0402 e. The molecule has 3 rings (SSSR count). The molecule has 0 radical (unpaired) electrons. The zero-order chi connectivity index (χ0) is 12.4. The molecule has 1 aliphatic heterocycles. The molecule has 2 fully saturated rings. The normalized spacial score (nSPS) is 23.9. The molecule has 3 heteroatoms.